The summed E-state index contributed by atoms with van der Waals surface area (Å²) in [6.45, 7) is 2.21. The van der Waals surface area contributed by atoms with Crippen LogP contribution in [0.15, 0.2) is 164 Å². The number of hydrogen-bond donors (Lipinski definition) is 0. The van der Waals surface area contributed by atoms with Gasteiger partial charge >= 0.3 is 0 Å². The molecule has 0 radical (unpaired) electrons. The van der Waals surface area contributed by atoms with E-state index in [0.29, 0.717) is 0 Å². The Labute approximate surface area is 258 Å². The number of hydrogen-bond acceptors (Lipinski definition) is 0. The average molecular weight is 559 g/mol. The second-order valence-electron chi connectivity index (χ2n) is 12.1. The fraction of sp³-hybridized carbons (Fsp3) is 0.0455. The summed E-state index contributed by atoms with van der Waals surface area (Å²) in [4.78, 5) is 0. The van der Waals surface area contributed by atoms with E-state index in [4.69, 9.17) is 0 Å². The van der Waals surface area contributed by atoms with E-state index in [1.807, 2.05) is 0 Å². The van der Waals surface area contributed by atoms with E-state index >= 15 is 0 Å². The first-order chi connectivity index (χ1) is 21.7. The van der Waals surface area contributed by atoms with Crippen molar-refractivity contribution in [2.45, 2.75) is 12.3 Å². The van der Waals surface area contributed by atoms with Crippen LogP contribution >= 0.6 is 0 Å². The fourth-order valence-corrected chi connectivity index (χ4v) is 7.87. The summed E-state index contributed by atoms with van der Waals surface area (Å²) in [5, 5.41) is 0. The fourth-order valence-electron chi connectivity index (χ4n) is 7.87. The van der Waals surface area contributed by atoms with Crippen LogP contribution in [0.25, 0.3) is 55.6 Å². The van der Waals surface area contributed by atoms with Gasteiger partial charge in [-0.15, -0.1) is 0 Å². The standard InChI is InChI=1S/C44H30/c1-29-12-8-9-17-35(29)34-22-25-37-36-18-10-11-19-40(36)44(43(37)28-34)41-26-32(30-13-4-2-5-14-30)20-23-38(41)39-24-21-33(27-42(39)44)31-15-6-3-7-16-31/h2-28H,1H3. The van der Waals surface area contributed by atoms with Gasteiger partial charge in [0.15, 0.2) is 0 Å². The van der Waals surface area contributed by atoms with Crippen LogP contribution in [-0.2, 0) is 5.41 Å². The van der Waals surface area contributed by atoms with Crippen molar-refractivity contribution in [2.75, 3.05) is 0 Å². The van der Waals surface area contributed by atoms with Gasteiger partial charge in [0.05, 0.1) is 5.41 Å². The molecule has 2 aliphatic carbocycles. The Bertz CT molecular complexity index is 2130. The monoisotopic (exact) mass is 558 g/mol. The van der Waals surface area contributed by atoms with E-state index in [2.05, 4.69) is 171 Å². The van der Waals surface area contributed by atoms with Crippen molar-refractivity contribution in [3.8, 4) is 55.6 Å². The number of benzene rings is 7. The van der Waals surface area contributed by atoms with Gasteiger partial charge in [-0.2, -0.15) is 0 Å². The molecular formula is C44H30. The molecule has 7 aromatic rings. The Hall–Kier alpha value is -5.46. The molecule has 9 rings (SSSR count). The molecule has 0 bridgehead atoms. The zero-order valence-electron chi connectivity index (χ0n) is 24.6. The van der Waals surface area contributed by atoms with Gasteiger partial charge in [-0.1, -0.05) is 146 Å². The Balaban J connectivity index is 1.40. The third-order valence-corrected chi connectivity index (χ3v) is 9.85. The Morgan fingerprint density at radius 3 is 1.25 bits per heavy atom. The van der Waals surface area contributed by atoms with E-state index in [1.54, 1.807) is 0 Å². The zero-order chi connectivity index (χ0) is 29.3. The van der Waals surface area contributed by atoms with Crippen molar-refractivity contribution in [3.05, 3.63) is 192 Å². The lowest BCUT2D eigenvalue weighted by atomic mass is 9.69. The van der Waals surface area contributed by atoms with Crippen LogP contribution in [0.3, 0.4) is 0 Å². The molecule has 44 heavy (non-hydrogen) atoms. The van der Waals surface area contributed by atoms with Gasteiger partial charge in [-0.3, -0.25) is 0 Å². The van der Waals surface area contributed by atoms with Gasteiger partial charge in [0.2, 0.25) is 0 Å². The van der Waals surface area contributed by atoms with Crippen LogP contribution in [0, 0.1) is 6.92 Å². The van der Waals surface area contributed by atoms with E-state index < -0.39 is 5.41 Å². The number of aryl methyl sites for hydroxylation is 1. The maximum Gasteiger partial charge on any atom is 0.0726 e. The van der Waals surface area contributed by atoms with Crippen LogP contribution in [0.2, 0.25) is 0 Å². The lowest BCUT2D eigenvalue weighted by Crippen LogP contribution is -2.26. The van der Waals surface area contributed by atoms with E-state index in [1.165, 1.54) is 83.5 Å². The van der Waals surface area contributed by atoms with Crippen molar-refractivity contribution in [3.63, 3.8) is 0 Å². The van der Waals surface area contributed by atoms with Crippen LogP contribution in [0.1, 0.15) is 27.8 Å². The van der Waals surface area contributed by atoms with Crippen molar-refractivity contribution in [2.24, 2.45) is 0 Å². The summed E-state index contributed by atoms with van der Waals surface area (Å²) in [5.74, 6) is 0. The molecule has 0 nitrogen and oxygen atoms in total. The van der Waals surface area contributed by atoms with Crippen molar-refractivity contribution < 1.29 is 0 Å². The molecule has 0 aliphatic heterocycles. The molecule has 0 heterocycles. The molecule has 206 valence electrons. The third-order valence-electron chi connectivity index (χ3n) is 9.85. The maximum absolute atomic E-state index is 2.49. The minimum absolute atomic E-state index is 0.426. The lowest BCUT2D eigenvalue weighted by Gasteiger charge is -2.31. The van der Waals surface area contributed by atoms with Gasteiger partial charge in [-0.25, -0.2) is 0 Å². The zero-order valence-corrected chi connectivity index (χ0v) is 24.6. The van der Waals surface area contributed by atoms with Crippen LogP contribution in [-0.4, -0.2) is 0 Å². The van der Waals surface area contributed by atoms with E-state index in [0.717, 1.165) is 0 Å². The average Bonchev–Trinajstić information content (AvgIpc) is 3.55. The molecule has 0 unspecified atom stereocenters. The molecule has 0 atom stereocenters. The second kappa shape index (κ2) is 9.53. The van der Waals surface area contributed by atoms with Gasteiger partial charge in [0.1, 0.15) is 0 Å². The van der Waals surface area contributed by atoms with Gasteiger partial charge < -0.3 is 0 Å². The SMILES string of the molecule is Cc1ccccc1-c1ccc2c(c1)C1(c3ccccc3-2)c2cc(-c3ccccc3)ccc2-c2ccc(-c3ccccc3)cc21. The van der Waals surface area contributed by atoms with Crippen molar-refractivity contribution >= 4 is 0 Å². The predicted octanol–water partition coefficient (Wildman–Crippen LogP) is 11.3. The summed E-state index contributed by atoms with van der Waals surface area (Å²) in [5.41, 5.74) is 19.2. The molecule has 7 aromatic carbocycles. The highest BCUT2D eigenvalue weighted by molar-refractivity contribution is 5.97. The molecule has 0 amide bonds. The molecule has 0 saturated carbocycles. The van der Waals surface area contributed by atoms with Gasteiger partial charge in [0, 0.05) is 0 Å². The lowest BCUT2D eigenvalue weighted by molar-refractivity contribution is 0.794. The molecule has 0 fully saturated rings. The van der Waals surface area contributed by atoms with Gasteiger partial charge in [-0.05, 0) is 109 Å². The van der Waals surface area contributed by atoms with Gasteiger partial charge in [0.25, 0.3) is 0 Å². The van der Waals surface area contributed by atoms with Crippen LogP contribution in [0.4, 0.5) is 0 Å². The molecule has 0 aromatic heterocycles. The minimum Gasteiger partial charge on any atom is -0.0622 e. The highest BCUT2D eigenvalue weighted by atomic mass is 14.5. The topological polar surface area (TPSA) is 0 Å². The molecular weight excluding hydrogens is 528 g/mol. The van der Waals surface area contributed by atoms with Crippen molar-refractivity contribution in [1.29, 1.82) is 0 Å². The summed E-state index contributed by atoms with van der Waals surface area (Å²) in [6, 6.07) is 60.9. The second-order valence-corrected chi connectivity index (χ2v) is 12.1. The van der Waals surface area contributed by atoms with E-state index in [9.17, 15) is 0 Å². The van der Waals surface area contributed by atoms with Crippen molar-refractivity contribution in [1.82, 2.24) is 0 Å². The highest BCUT2D eigenvalue weighted by Gasteiger charge is 2.52. The number of fused-ring (bicyclic) bond motifs is 10. The summed E-state index contributed by atoms with van der Waals surface area (Å²) < 4.78 is 0. The molecule has 1 spiro atoms. The smallest absolute Gasteiger partial charge is 0.0622 e. The summed E-state index contributed by atoms with van der Waals surface area (Å²) >= 11 is 0. The third kappa shape index (κ3) is 3.46. The molecule has 0 saturated heterocycles. The maximum atomic E-state index is 2.49. The first-order valence-corrected chi connectivity index (χ1v) is 15.4. The number of rotatable bonds is 3. The van der Waals surface area contributed by atoms with Crippen LogP contribution in [0.5, 0.6) is 0 Å². The first kappa shape index (κ1) is 25.1. The first-order valence-electron chi connectivity index (χ1n) is 15.4. The van der Waals surface area contributed by atoms with E-state index in [-0.39, 0.29) is 0 Å². The highest BCUT2D eigenvalue weighted by Crippen LogP contribution is 2.63. The molecule has 0 N–H and O–H groups in total. The summed E-state index contributed by atoms with van der Waals surface area (Å²) in [7, 11) is 0. The Morgan fingerprint density at radius 1 is 0.295 bits per heavy atom. The molecule has 2 aliphatic rings. The Morgan fingerprint density at radius 2 is 0.705 bits per heavy atom. The minimum atomic E-state index is -0.426. The molecule has 0 heteroatoms. The normalized spacial score (nSPS) is 13.3. The predicted molar refractivity (Wildman–Crippen MR) is 184 cm³/mol. The quantitative estimate of drug-likeness (QED) is 0.202. The largest absolute Gasteiger partial charge is 0.0726 e. The Kier molecular flexibility index (Phi) is 5.43. The summed E-state index contributed by atoms with van der Waals surface area (Å²) in [6.07, 6.45) is 0. The van der Waals surface area contributed by atoms with Crippen LogP contribution < -0.4 is 0 Å².